The van der Waals surface area contributed by atoms with E-state index in [2.05, 4.69) is 15.9 Å². The summed E-state index contributed by atoms with van der Waals surface area (Å²) in [6.45, 7) is 3.82. The molecule has 3 nitrogen and oxygen atoms in total. The Balaban J connectivity index is 2.08. The van der Waals surface area contributed by atoms with Crippen molar-refractivity contribution in [3.8, 4) is 11.5 Å². The predicted molar refractivity (Wildman–Crippen MR) is 91.3 cm³/mol. The van der Waals surface area contributed by atoms with Crippen LogP contribution in [0.4, 0.5) is 0 Å². The minimum absolute atomic E-state index is 0.399. The highest BCUT2D eigenvalue weighted by molar-refractivity contribution is 9.10. The number of benzene rings is 2. The van der Waals surface area contributed by atoms with Gasteiger partial charge >= 0.3 is 5.97 Å². The molecule has 0 saturated carbocycles. The molecule has 0 spiro atoms. The summed E-state index contributed by atoms with van der Waals surface area (Å²) in [5.74, 6) is 0.984. The minimum atomic E-state index is -0.399. The number of ether oxygens (including phenoxy) is 2. The van der Waals surface area contributed by atoms with Crippen molar-refractivity contribution in [2.75, 3.05) is 7.11 Å². The van der Waals surface area contributed by atoms with E-state index in [4.69, 9.17) is 9.47 Å². The first-order chi connectivity index (χ1) is 10.5. The predicted octanol–water partition coefficient (Wildman–Crippen LogP) is 4.69. The molecule has 0 atom stereocenters. The number of rotatable bonds is 4. The summed E-state index contributed by atoms with van der Waals surface area (Å²) in [5, 5.41) is 0. The van der Waals surface area contributed by atoms with E-state index in [1.54, 1.807) is 13.2 Å². The summed E-state index contributed by atoms with van der Waals surface area (Å²) in [4.78, 5) is 12.0. The van der Waals surface area contributed by atoms with Crippen molar-refractivity contribution >= 4 is 28.0 Å². The number of carbonyl (C=O) groups is 1. The molecule has 114 valence electrons. The van der Waals surface area contributed by atoms with Crippen molar-refractivity contribution in [2.24, 2.45) is 0 Å². The molecule has 0 aliphatic rings. The molecule has 0 radical (unpaired) electrons. The third-order valence-corrected chi connectivity index (χ3v) is 3.61. The Kier molecular flexibility index (Phi) is 5.39. The lowest BCUT2D eigenvalue weighted by molar-refractivity contribution is -0.129. The molecule has 0 amide bonds. The van der Waals surface area contributed by atoms with E-state index >= 15 is 0 Å². The van der Waals surface area contributed by atoms with Gasteiger partial charge < -0.3 is 9.47 Å². The fraction of sp³-hybridized carbons (Fsp3) is 0.167. The lowest BCUT2D eigenvalue weighted by Gasteiger charge is -2.09. The van der Waals surface area contributed by atoms with Crippen molar-refractivity contribution < 1.29 is 14.3 Å². The zero-order chi connectivity index (χ0) is 16.1. The molecule has 0 bridgehead atoms. The first-order valence-electron chi connectivity index (χ1n) is 6.80. The first kappa shape index (κ1) is 16.3. The highest BCUT2D eigenvalue weighted by Crippen LogP contribution is 2.27. The summed E-state index contributed by atoms with van der Waals surface area (Å²) in [5.41, 5.74) is 2.73. The third-order valence-electron chi connectivity index (χ3n) is 3.16. The van der Waals surface area contributed by atoms with E-state index in [9.17, 15) is 4.79 Å². The van der Waals surface area contributed by atoms with Gasteiger partial charge in [0, 0.05) is 10.5 Å². The maximum absolute atomic E-state index is 12.0. The van der Waals surface area contributed by atoms with E-state index in [0.717, 1.165) is 26.9 Å². The second kappa shape index (κ2) is 7.27. The van der Waals surface area contributed by atoms with E-state index in [1.165, 1.54) is 6.08 Å². The van der Waals surface area contributed by atoms with Crippen molar-refractivity contribution in [2.45, 2.75) is 13.8 Å². The first-order valence-corrected chi connectivity index (χ1v) is 7.59. The van der Waals surface area contributed by atoms with Gasteiger partial charge in [-0.15, -0.1) is 0 Å². The second-order valence-electron chi connectivity index (χ2n) is 4.90. The molecular weight excluding hydrogens is 344 g/mol. The molecule has 0 unspecified atom stereocenters. The fourth-order valence-electron chi connectivity index (χ4n) is 2.07. The highest BCUT2D eigenvalue weighted by Gasteiger charge is 2.08. The molecule has 0 aromatic heterocycles. The Hall–Kier alpha value is -2.07. The van der Waals surface area contributed by atoms with E-state index < -0.39 is 5.97 Å². The average molecular weight is 361 g/mol. The van der Waals surface area contributed by atoms with Crippen LogP contribution < -0.4 is 9.47 Å². The Morgan fingerprint density at radius 3 is 2.23 bits per heavy atom. The van der Waals surface area contributed by atoms with Crippen LogP contribution in [-0.4, -0.2) is 13.1 Å². The number of esters is 1. The molecule has 0 aliphatic heterocycles. The summed E-state index contributed by atoms with van der Waals surface area (Å²) in [6.07, 6.45) is 3.13. The number of carbonyl (C=O) groups excluding carboxylic acids is 1. The van der Waals surface area contributed by atoms with Crippen LogP contribution in [0.2, 0.25) is 0 Å². The number of aryl methyl sites for hydroxylation is 2. The largest absolute Gasteiger partial charge is 0.497 e. The molecule has 0 saturated heterocycles. The van der Waals surface area contributed by atoms with E-state index in [0.29, 0.717) is 5.75 Å². The molecular formula is C18H17BrO3. The summed E-state index contributed by atoms with van der Waals surface area (Å²) < 4.78 is 11.5. The van der Waals surface area contributed by atoms with Gasteiger partial charge in [-0.1, -0.05) is 28.1 Å². The van der Waals surface area contributed by atoms with Crippen molar-refractivity contribution in [3.05, 3.63) is 63.6 Å². The topological polar surface area (TPSA) is 35.5 Å². The Labute approximate surface area is 138 Å². The van der Waals surface area contributed by atoms with Crippen LogP contribution in [0.25, 0.3) is 6.08 Å². The van der Waals surface area contributed by atoms with E-state index in [-0.39, 0.29) is 0 Å². The van der Waals surface area contributed by atoms with Crippen molar-refractivity contribution in [1.29, 1.82) is 0 Å². The van der Waals surface area contributed by atoms with Crippen LogP contribution in [0.15, 0.2) is 46.9 Å². The van der Waals surface area contributed by atoms with E-state index in [1.807, 2.05) is 50.2 Å². The van der Waals surface area contributed by atoms with Crippen LogP contribution in [0.1, 0.15) is 16.7 Å². The maximum Gasteiger partial charge on any atom is 0.336 e. The fourth-order valence-corrected chi connectivity index (χ4v) is 2.76. The Morgan fingerprint density at radius 2 is 1.68 bits per heavy atom. The zero-order valence-corrected chi connectivity index (χ0v) is 14.3. The summed E-state index contributed by atoms with van der Waals surface area (Å²) in [7, 11) is 1.62. The van der Waals surface area contributed by atoms with Crippen molar-refractivity contribution in [3.63, 3.8) is 0 Å². The SMILES string of the molecule is COc1ccc(/C=C/C(=O)Oc2c(C)cc(Br)cc2C)cc1. The van der Waals surface area contributed by atoms with Crippen LogP contribution >= 0.6 is 15.9 Å². The molecule has 2 rings (SSSR count). The van der Waals surface area contributed by atoms with Gasteiger partial charge in [0.1, 0.15) is 11.5 Å². The van der Waals surface area contributed by atoms with Gasteiger partial charge in [-0.3, -0.25) is 0 Å². The standard InChI is InChI=1S/C18H17BrO3/c1-12-10-15(19)11-13(2)18(12)22-17(20)9-6-14-4-7-16(21-3)8-5-14/h4-11H,1-3H3/b9-6+. The third kappa shape index (κ3) is 4.21. The van der Waals surface area contributed by atoms with Gasteiger partial charge in [0.2, 0.25) is 0 Å². The molecule has 4 heteroatoms. The molecule has 0 N–H and O–H groups in total. The van der Waals surface area contributed by atoms with Gasteiger partial charge in [0.25, 0.3) is 0 Å². The van der Waals surface area contributed by atoms with Crippen LogP contribution in [0, 0.1) is 13.8 Å². The number of methoxy groups -OCH3 is 1. The lowest BCUT2D eigenvalue weighted by Crippen LogP contribution is -2.06. The Bertz CT molecular complexity index is 680. The van der Waals surface area contributed by atoms with Crippen LogP contribution in [0.3, 0.4) is 0 Å². The lowest BCUT2D eigenvalue weighted by atomic mass is 10.1. The minimum Gasteiger partial charge on any atom is -0.497 e. The monoisotopic (exact) mass is 360 g/mol. The average Bonchev–Trinajstić information content (AvgIpc) is 2.49. The molecule has 2 aromatic carbocycles. The van der Waals surface area contributed by atoms with Crippen LogP contribution in [-0.2, 0) is 4.79 Å². The number of halogens is 1. The van der Waals surface area contributed by atoms with Gasteiger partial charge in [-0.2, -0.15) is 0 Å². The summed E-state index contributed by atoms with van der Waals surface area (Å²) >= 11 is 3.42. The Morgan fingerprint density at radius 1 is 1.09 bits per heavy atom. The van der Waals surface area contributed by atoms with Crippen molar-refractivity contribution in [1.82, 2.24) is 0 Å². The molecule has 0 heterocycles. The van der Waals surface area contributed by atoms with Gasteiger partial charge in [0.05, 0.1) is 7.11 Å². The second-order valence-corrected chi connectivity index (χ2v) is 5.81. The number of hydrogen-bond acceptors (Lipinski definition) is 3. The number of hydrogen-bond donors (Lipinski definition) is 0. The maximum atomic E-state index is 12.0. The molecule has 0 fully saturated rings. The van der Waals surface area contributed by atoms with Gasteiger partial charge in [-0.25, -0.2) is 4.79 Å². The molecule has 0 aliphatic carbocycles. The quantitative estimate of drug-likeness (QED) is 0.450. The van der Waals surface area contributed by atoms with Crippen LogP contribution in [0.5, 0.6) is 11.5 Å². The zero-order valence-electron chi connectivity index (χ0n) is 12.7. The van der Waals surface area contributed by atoms with Gasteiger partial charge in [0.15, 0.2) is 0 Å². The summed E-state index contributed by atoms with van der Waals surface area (Å²) in [6, 6.07) is 11.3. The molecule has 22 heavy (non-hydrogen) atoms. The highest BCUT2D eigenvalue weighted by atomic mass is 79.9. The normalized spacial score (nSPS) is 10.7. The molecule has 2 aromatic rings. The smallest absolute Gasteiger partial charge is 0.336 e. The van der Waals surface area contributed by atoms with Gasteiger partial charge in [-0.05, 0) is 60.9 Å².